The number of aromatic amines is 1. The Kier molecular flexibility index (Phi) is 2.47. The van der Waals surface area contributed by atoms with Gasteiger partial charge >= 0.3 is 0 Å². The number of hydrogen-bond donors (Lipinski definition) is 1. The quantitative estimate of drug-likeness (QED) is 0.840. The van der Waals surface area contributed by atoms with Crippen LogP contribution in [0.2, 0.25) is 0 Å². The van der Waals surface area contributed by atoms with Crippen LogP contribution in [-0.2, 0) is 0 Å². The predicted molar refractivity (Wildman–Crippen MR) is 71.1 cm³/mol. The number of H-pyrrole nitrogens is 1. The van der Waals surface area contributed by atoms with Crippen molar-refractivity contribution in [3.8, 4) is 5.75 Å². The highest BCUT2D eigenvalue weighted by molar-refractivity contribution is 7.71. The van der Waals surface area contributed by atoms with E-state index in [1.807, 2.05) is 12.1 Å². The normalized spacial score (nSPS) is 17.3. The largest absolute Gasteiger partial charge is 0.497 e. The lowest BCUT2D eigenvalue weighted by Crippen LogP contribution is -2.06. The molecule has 1 aliphatic rings. The van der Waals surface area contributed by atoms with Crippen LogP contribution in [0.4, 0.5) is 0 Å². The average molecular weight is 248 g/mol. The van der Waals surface area contributed by atoms with Crippen molar-refractivity contribution in [2.24, 2.45) is 5.92 Å². The molecule has 2 aromatic rings. The fourth-order valence-corrected chi connectivity index (χ4v) is 2.81. The number of rotatable bonds is 3. The molecule has 1 aliphatic carbocycles. The molecule has 90 valence electrons. The Bertz CT molecular complexity index is 609. The Hall–Kier alpha value is -1.29. The van der Waals surface area contributed by atoms with Crippen molar-refractivity contribution < 1.29 is 4.74 Å². The van der Waals surface area contributed by atoms with Crippen LogP contribution in [0.3, 0.4) is 0 Å². The lowest BCUT2D eigenvalue weighted by atomic mass is 10.2. The van der Waals surface area contributed by atoms with E-state index in [4.69, 9.17) is 17.0 Å². The molecule has 3 nitrogen and oxygen atoms in total. The highest BCUT2D eigenvalue weighted by Crippen LogP contribution is 2.40. The molecule has 4 heteroatoms. The first-order valence-electron chi connectivity index (χ1n) is 5.99. The van der Waals surface area contributed by atoms with Crippen molar-refractivity contribution >= 4 is 23.3 Å². The maximum absolute atomic E-state index is 5.42. The summed E-state index contributed by atoms with van der Waals surface area (Å²) in [7, 11) is 1.68. The topological polar surface area (TPSA) is 29.9 Å². The van der Waals surface area contributed by atoms with Crippen LogP contribution >= 0.6 is 12.2 Å². The molecule has 17 heavy (non-hydrogen) atoms. The van der Waals surface area contributed by atoms with Crippen molar-refractivity contribution in [3.63, 3.8) is 0 Å². The standard InChI is InChI=1S/C13H16N2OS/c1-8(9-3-4-9)15-12-6-5-10(16-2)7-11(12)14-13(15)17/h5-9H,3-4H2,1-2H3,(H,14,17). The average Bonchev–Trinajstić information content (AvgIpc) is 3.10. The van der Waals surface area contributed by atoms with Gasteiger partial charge in [-0.2, -0.15) is 0 Å². The summed E-state index contributed by atoms with van der Waals surface area (Å²) >= 11 is 5.42. The molecule has 0 amide bonds. The number of aromatic nitrogens is 2. The first-order chi connectivity index (χ1) is 8.20. The summed E-state index contributed by atoms with van der Waals surface area (Å²) in [4.78, 5) is 3.26. The van der Waals surface area contributed by atoms with E-state index >= 15 is 0 Å². The molecule has 0 radical (unpaired) electrons. The van der Waals surface area contributed by atoms with E-state index < -0.39 is 0 Å². The van der Waals surface area contributed by atoms with E-state index in [1.165, 1.54) is 18.4 Å². The van der Waals surface area contributed by atoms with E-state index in [0.29, 0.717) is 6.04 Å². The molecule has 1 N–H and O–H groups in total. The van der Waals surface area contributed by atoms with E-state index in [1.54, 1.807) is 7.11 Å². The fraction of sp³-hybridized carbons (Fsp3) is 0.462. The maximum Gasteiger partial charge on any atom is 0.178 e. The molecule has 3 rings (SSSR count). The van der Waals surface area contributed by atoms with Gasteiger partial charge in [0.05, 0.1) is 18.1 Å². The Morgan fingerprint density at radius 1 is 1.47 bits per heavy atom. The second-order valence-corrected chi connectivity index (χ2v) is 5.15. The summed E-state index contributed by atoms with van der Waals surface area (Å²) in [5, 5.41) is 0. The zero-order chi connectivity index (χ0) is 12.0. The smallest absolute Gasteiger partial charge is 0.178 e. The lowest BCUT2D eigenvalue weighted by molar-refractivity contribution is 0.415. The van der Waals surface area contributed by atoms with Gasteiger partial charge < -0.3 is 14.3 Å². The Morgan fingerprint density at radius 2 is 2.24 bits per heavy atom. The third kappa shape index (κ3) is 1.76. The number of imidazole rings is 1. The number of hydrogen-bond acceptors (Lipinski definition) is 2. The third-order valence-corrected chi connectivity index (χ3v) is 3.93. The second kappa shape index (κ2) is 3.88. The minimum atomic E-state index is 0.490. The predicted octanol–water partition coefficient (Wildman–Crippen LogP) is 3.68. The van der Waals surface area contributed by atoms with Crippen LogP contribution in [0.5, 0.6) is 5.75 Å². The van der Waals surface area contributed by atoms with Gasteiger partial charge in [-0.05, 0) is 50.0 Å². The van der Waals surface area contributed by atoms with Crippen molar-refractivity contribution in [1.29, 1.82) is 0 Å². The zero-order valence-corrected chi connectivity index (χ0v) is 10.9. The molecular formula is C13H16N2OS. The van der Waals surface area contributed by atoms with Crippen LogP contribution in [-0.4, -0.2) is 16.7 Å². The van der Waals surface area contributed by atoms with Crippen LogP contribution in [0.15, 0.2) is 18.2 Å². The molecule has 0 aliphatic heterocycles. The molecule has 1 aromatic carbocycles. The van der Waals surface area contributed by atoms with Gasteiger partial charge in [0.1, 0.15) is 5.75 Å². The Morgan fingerprint density at radius 3 is 2.88 bits per heavy atom. The molecule has 1 heterocycles. The zero-order valence-electron chi connectivity index (χ0n) is 10.1. The highest BCUT2D eigenvalue weighted by atomic mass is 32.1. The molecule has 1 aromatic heterocycles. The molecule has 0 bridgehead atoms. The monoisotopic (exact) mass is 248 g/mol. The summed E-state index contributed by atoms with van der Waals surface area (Å²) in [5.74, 6) is 1.66. The van der Waals surface area contributed by atoms with Crippen LogP contribution in [0, 0.1) is 10.7 Å². The molecule has 0 saturated heterocycles. The minimum absolute atomic E-state index is 0.490. The highest BCUT2D eigenvalue weighted by Gasteiger charge is 2.30. The van der Waals surface area contributed by atoms with Crippen LogP contribution < -0.4 is 4.74 Å². The molecule has 1 fully saturated rings. The molecular weight excluding hydrogens is 232 g/mol. The van der Waals surface area contributed by atoms with Gasteiger partial charge in [0.15, 0.2) is 4.77 Å². The number of nitrogens with one attached hydrogen (secondary N) is 1. The first kappa shape index (κ1) is 10.8. The minimum Gasteiger partial charge on any atom is -0.497 e. The molecule has 1 saturated carbocycles. The summed E-state index contributed by atoms with van der Waals surface area (Å²) in [6.45, 7) is 2.25. The Labute approximate surface area is 105 Å². The van der Waals surface area contributed by atoms with Gasteiger partial charge in [0.25, 0.3) is 0 Å². The van der Waals surface area contributed by atoms with Gasteiger partial charge in [0.2, 0.25) is 0 Å². The van der Waals surface area contributed by atoms with E-state index in [2.05, 4.69) is 22.5 Å². The number of ether oxygens (including phenoxy) is 1. The second-order valence-electron chi connectivity index (χ2n) is 4.76. The summed E-state index contributed by atoms with van der Waals surface area (Å²) in [5.41, 5.74) is 2.23. The first-order valence-corrected chi connectivity index (χ1v) is 6.40. The number of methoxy groups -OCH3 is 1. The third-order valence-electron chi connectivity index (χ3n) is 3.64. The number of benzene rings is 1. The van der Waals surface area contributed by atoms with Crippen molar-refractivity contribution in [1.82, 2.24) is 9.55 Å². The molecule has 1 unspecified atom stereocenters. The lowest BCUT2D eigenvalue weighted by Gasteiger charge is -2.13. The van der Waals surface area contributed by atoms with Crippen LogP contribution in [0.1, 0.15) is 25.8 Å². The van der Waals surface area contributed by atoms with Crippen molar-refractivity contribution in [2.75, 3.05) is 7.11 Å². The van der Waals surface area contributed by atoms with Crippen molar-refractivity contribution in [3.05, 3.63) is 23.0 Å². The van der Waals surface area contributed by atoms with E-state index in [-0.39, 0.29) is 0 Å². The van der Waals surface area contributed by atoms with Crippen LogP contribution in [0.25, 0.3) is 11.0 Å². The number of nitrogens with zero attached hydrogens (tertiary/aromatic N) is 1. The van der Waals surface area contributed by atoms with Crippen molar-refractivity contribution in [2.45, 2.75) is 25.8 Å². The summed E-state index contributed by atoms with van der Waals surface area (Å²) < 4.78 is 8.28. The fourth-order valence-electron chi connectivity index (χ4n) is 2.43. The van der Waals surface area contributed by atoms with Gasteiger partial charge in [-0.25, -0.2) is 0 Å². The Balaban J connectivity index is 2.17. The maximum atomic E-state index is 5.42. The number of fused-ring (bicyclic) bond motifs is 1. The van der Waals surface area contributed by atoms with Gasteiger partial charge in [-0.1, -0.05) is 0 Å². The molecule has 0 spiro atoms. The summed E-state index contributed by atoms with van der Waals surface area (Å²) in [6, 6.07) is 6.56. The van der Waals surface area contributed by atoms with E-state index in [9.17, 15) is 0 Å². The molecule has 1 atom stereocenters. The van der Waals surface area contributed by atoms with E-state index in [0.717, 1.165) is 22.0 Å². The van der Waals surface area contributed by atoms with Gasteiger partial charge in [-0.3, -0.25) is 0 Å². The van der Waals surface area contributed by atoms with Gasteiger partial charge in [0, 0.05) is 12.1 Å². The summed E-state index contributed by atoms with van der Waals surface area (Å²) in [6.07, 6.45) is 2.65. The van der Waals surface area contributed by atoms with Gasteiger partial charge in [-0.15, -0.1) is 0 Å². The SMILES string of the molecule is COc1ccc2c(c1)[nH]c(=S)n2C(C)C1CC1.